The quantitative estimate of drug-likeness (QED) is 0.910. The molecule has 5 nitrogen and oxygen atoms in total. The second kappa shape index (κ2) is 7.15. The van der Waals surface area contributed by atoms with Crippen LogP contribution in [0.2, 0.25) is 0 Å². The molecule has 1 atom stereocenters. The number of fused-ring (bicyclic) bond motifs is 1. The highest BCUT2D eigenvalue weighted by atomic mass is 19.2. The van der Waals surface area contributed by atoms with E-state index < -0.39 is 17.5 Å². The molecule has 0 saturated carbocycles. The number of likely N-dealkylation sites (tertiary alicyclic amines) is 1. The van der Waals surface area contributed by atoms with Crippen molar-refractivity contribution in [2.45, 2.75) is 44.7 Å². The summed E-state index contributed by atoms with van der Waals surface area (Å²) in [5.74, 6) is -1.47. The fourth-order valence-electron chi connectivity index (χ4n) is 3.77. The standard InChI is InChI=1S/C19H21F2N3O2/c20-15-5-3-12(9-16(15)21)19(25)22-13-4-6-18-14(10-13)17(23-26-18)11-24-7-1-2-8-24/h3,5,9,13H,1-2,4,6-8,10-11H2,(H,22,25). The Morgan fingerprint density at radius 3 is 2.85 bits per heavy atom. The summed E-state index contributed by atoms with van der Waals surface area (Å²) < 4.78 is 31.9. The average molecular weight is 361 g/mol. The van der Waals surface area contributed by atoms with Crippen LogP contribution < -0.4 is 5.32 Å². The van der Waals surface area contributed by atoms with Gasteiger partial charge >= 0.3 is 0 Å². The number of rotatable bonds is 4. The molecule has 26 heavy (non-hydrogen) atoms. The van der Waals surface area contributed by atoms with E-state index in [1.165, 1.54) is 18.9 Å². The average Bonchev–Trinajstić information content (AvgIpc) is 3.28. The van der Waals surface area contributed by atoms with Crippen molar-refractivity contribution in [1.82, 2.24) is 15.4 Å². The first-order chi connectivity index (χ1) is 12.6. The highest BCUT2D eigenvalue weighted by molar-refractivity contribution is 5.94. The summed E-state index contributed by atoms with van der Waals surface area (Å²) in [5, 5.41) is 7.16. The Balaban J connectivity index is 1.43. The summed E-state index contributed by atoms with van der Waals surface area (Å²) in [6.45, 7) is 2.94. The van der Waals surface area contributed by atoms with Crippen LogP contribution >= 0.6 is 0 Å². The van der Waals surface area contributed by atoms with Crippen LogP contribution in [-0.4, -0.2) is 35.1 Å². The molecule has 1 aliphatic heterocycles. The van der Waals surface area contributed by atoms with Gasteiger partial charge in [0.25, 0.3) is 5.91 Å². The maximum absolute atomic E-state index is 13.3. The Kier molecular flexibility index (Phi) is 4.72. The van der Waals surface area contributed by atoms with Crippen LogP contribution in [0.1, 0.15) is 46.6 Å². The van der Waals surface area contributed by atoms with Crippen molar-refractivity contribution < 1.29 is 18.1 Å². The SMILES string of the molecule is O=C(NC1CCc2onc(CN3CCCC3)c2C1)c1ccc(F)c(F)c1. The number of carbonyl (C=O) groups excluding carboxylic acids is 1. The zero-order valence-electron chi connectivity index (χ0n) is 14.4. The van der Waals surface area contributed by atoms with Gasteiger partial charge in [-0.15, -0.1) is 0 Å². The fraction of sp³-hybridized carbons (Fsp3) is 0.474. The summed E-state index contributed by atoms with van der Waals surface area (Å²) in [6, 6.07) is 3.12. The number of nitrogens with zero attached hydrogens (tertiary/aromatic N) is 2. The Hall–Kier alpha value is -2.28. The second-order valence-electron chi connectivity index (χ2n) is 7.06. The van der Waals surface area contributed by atoms with Crippen LogP contribution in [0, 0.1) is 11.6 Å². The number of nitrogens with one attached hydrogen (secondary N) is 1. The molecule has 0 bridgehead atoms. The number of hydrogen-bond donors (Lipinski definition) is 1. The van der Waals surface area contributed by atoms with Gasteiger partial charge in [0.2, 0.25) is 0 Å². The number of benzene rings is 1. The Labute approximate surface area is 150 Å². The van der Waals surface area contributed by atoms with Crippen molar-refractivity contribution in [2.24, 2.45) is 0 Å². The normalized spacial score (nSPS) is 20.2. The molecule has 138 valence electrons. The third kappa shape index (κ3) is 3.49. The lowest BCUT2D eigenvalue weighted by Gasteiger charge is -2.23. The maximum atomic E-state index is 13.3. The van der Waals surface area contributed by atoms with Gasteiger partial charge in [0.15, 0.2) is 11.6 Å². The lowest BCUT2D eigenvalue weighted by Crippen LogP contribution is -2.39. The molecule has 1 aliphatic carbocycles. The molecule has 2 heterocycles. The molecule has 0 spiro atoms. The number of halogens is 2. The lowest BCUT2D eigenvalue weighted by molar-refractivity contribution is 0.0932. The Morgan fingerprint density at radius 1 is 1.27 bits per heavy atom. The van der Waals surface area contributed by atoms with E-state index in [0.29, 0.717) is 12.8 Å². The van der Waals surface area contributed by atoms with E-state index in [2.05, 4.69) is 15.4 Å². The van der Waals surface area contributed by atoms with E-state index >= 15 is 0 Å². The fourth-order valence-corrected chi connectivity index (χ4v) is 3.77. The summed E-state index contributed by atoms with van der Waals surface area (Å²) in [7, 11) is 0. The van der Waals surface area contributed by atoms with Crippen molar-refractivity contribution >= 4 is 5.91 Å². The highest BCUT2D eigenvalue weighted by Crippen LogP contribution is 2.26. The van der Waals surface area contributed by atoms with Crippen LogP contribution in [-0.2, 0) is 19.4 Å². The smallest absolute Gasteiger partial charge is 0.251 e. The van der Waals surface area contributed by atoms with Gasteiger partial charge in [-0.3, -0.25) is 9.69 Å². The zero-order valence-corrected chi connectivity index (χ0v) is 14.4. The van der Waals surface area contributed by atoms with Gasteiger partial charge in [-0.25, -0.2) is 8.78 Å². The van der Waals surface area contributed by atoms with Gasteiger partial charge in [-0.05, 0) is 57.0 Å². The molecule has 2 aliphatic rings. The summed E-state index contributed by atoms with van der Waals surface area (Å²) in [6.07, 6.45) is 4.53. The number of aryl methyl sites for hydroxylation is 1. The molecular weight excluding hydrogens is 340 g/mol. The third-order valence-electron chi connectivity index (χ3n) is 5.21. The predicted octanol–water partition coefficient (Wildman–Crippen LogP) is 2.84. The van der Waals surface area contributed by atoms with Crippen LogP contribution in [0.15, 0.2) is 22.7 Å². The number of aromatic nitrogens is 1. The largest absolute Gasteiger partial charge is 0.361 e. The first kappa shape index (κ1) is 17.1. The number of amides is 1. The van der Waals surface area contributed by atoms with Gasteiger partial charge in [0.1, 0.15) is 11.5 Å². The molecule has 2 aromatic rings. The summed E-state index contributed by atoms with van der Waals surface area (Å²) in [4.78, 5) is 14.7. The maximum Gasteiger partial charge on any atom is 0.251 e. The van der Waals surface area contributed by atoms with E-state index in [9.17, 15) is 13.6 Å². The van der Waals surface area contributed by atoms with Gasteiger partial charge in [0.05, 0.1) is 0 Å². The Morgan fingerprint density at radius 2 is 2.08 bits per heavy atom. The molecule has 1 saturated heterocycles. The van der Waals surface area contributed by atoms with Crippen molar-refractivity contribution in [3.05, 3.63) is 52.4 Å². The summed E-state index contributed by atoms with van der Waals surface area (Å²) >= 11 is 0. The molecule has 1 N–H and O–H groups in total. The van der Waals surface area contributed by atoms with E-state index in [1.54, 1.807) is 0 Å². The topological polar surface area (TPSA) is 58.4 Å². The minimum atomic E-state index is -1.02. The van der Waals surface area contributed by atoms with Crippen LogP contribution in [0.4, 0.5) is 8.78 Å². The molecule has 1 unspecified atom stereocenters. The number of hydrogen-bond acceptors (Lipinski definition) is 4. The van der Waals surface area contributed by atoms with E-state index in [1.807, 2.05) is 0 Å². The second-order valence-corrected chi connectivity index (χ2v) is 7.06. The van der Waals surface area contributed by atoms with Crippen molar-refractivity contribution in [1.29, 1.82) is 0 Å². The zero-order chi connectivity index (χ0) is 18.1. The van der Waals surface area contributed by atoms with Gasteiger partial charge in [-0.1, -0.05) is 5.16 Å². The Bertz CT molecular complexity index is 815. The summed E-state index contributed by atoms with van der Waals surface area (Å²) in [5.41, 5.74) is 2.16. The monoisotopic (exact) mass is 361 g/mol. The van der Waals surface area contributed by atoms with Gasteiger partial charge in [-0.2, -0.15) is 0 Å². The highest BCUT2D eigenvalue weighted by Gasteiger charge is 2.28. The lowest BCUT2D eigenvalue weighted by atomic mass is 9.91. The van der Waals surface area contributed by atoms with E-state index in [0.717, 1.165) is 55.2 Å². The van der Waals surface area contributed by atoms with Crippen LogP contribution in [0.3, 0.4) is 0 Å². The van der Waals surface area contributed by atoms with E-state index in [-0.39, 0.29) is 11.6 Å². The molecule has 4 rings (SSSR count). The molecule has 7 heteroatoms. The molecule has 0 radical (unpaired) electrons. The molecular formula is C19H21F2N3O2. The van der Waals surface area contributed by atoms with E-state index in [4.69, 9.17) is 4.52 Å². The van der Waals surface area contributed by atoms with Crippen LogP contribution in [0.25, 0.3) is 0 Å². The molecule has 1 fully saturated rings. The minimum absolute atomic E-state index is 0.0696. The third-order valence-corrected chi connectivity index (χ3v) is 5.21. The molecule has 1 amide bonds. The van der Waals surface area contributed by atoms with Crippen molar-refractivity contribution in [3.8, 4) is 0 Å². The van der Waals surface area contributed by atoms with Gasteiger partial charge in [0, 0.05) is 30.1 Å². The van der Waals surface area contributed by atoms with Crippen molar-refractivity contribution in [2.75, 3.05) is 13.1 Å². The molecule has 1 aromatic heterocycles. The van der Waals surface area contributed by atoms with Crippen molar-refractivity contribution in [3.63, 3.8) is 0 Å². The minimum Gasteiger partial charge on any atom is -0.361 e. The molecule has 1 aromatic carbocycles. The first-order valence-electron chi connectivity index (χ1n) is 9.04. The number of carbonyl (C=O) groups is 1. The first-order valence-corrected chi connectivity index (χ1v) is 9.04. The van der Waals surface area contributed by atoms with Crippen LogP contribution in [0.5, 0.6) is 0 Å². The van der Waals surface area contributed by atoms with Gasteiger partial charge < -0.3 is 9.84 Å². The predicted molar refractivity (Wildman–Crippen MR) is 90.7 cm³/mol.